The van der Waals surface area contributed by atoms with Gasteiger partial charge in [0.25, 0.3) is 0 Å². The van der Waals surface area contributed by atoms with Crippen molar-refractivity contribution in [2.45, 2.75) is 144 Å². The van der Waals surface area contributed by atoms with Gasteiger partial charge in [-0.15, -0.1) is 0 Å². The Hall–Kier alpha value is -2.73. The van der Waals surface area contributed by atoms with Crippen molar-refractivity contribution in [2.75, 3.05) is 52.7 Å². The van der Waals surface area contributed by atoms with Crippen molar-refractivity contribution in [3.8, 4) is 0 Å². The maximum atomic E-state index is 12.3. The van der Waals surface area contributed by atoms with E-state index in [4.69, 9.17) is 23.7 Å². The zero-order valence-corrected chi connectivity index (χ0v) is 31.4. The van der Waals surface area contributed by atoms with Crippen molar-refractivity contribution in [3.05, 3.63) is 0 Å². The molecule has 288 valence electrons. The Morgan fingerprint density at radius 2 is 0.735 bits per heavy atom. The van der Waals surface area contributed by atoms with E-state index in [0.717, 1.165) is 70.6 Å². The molecule has 12 nitrogen and oxygen atoms in total. The predicted molar refractivity (Wildman–Crippen MR) is 189 cm³/mol. The van der Waals surface area contributed by atoms with Crippen LogP contribution in [0.3, 0.4) is 0 Å². The first-order chi connectivity index (χ1) is 23.7. The quantitative estimate of drug-likeness (QED) is 0.0476. The highest BCUT2D eigenvalue weighted by Gasteiger charge is 2.18. The largest absolute Gasteiger partial charge is 0.465 e. The number of ether oxygens (including phenoxy) is 5. The van der Waals surface area contributed by atoms with Crippen LogP contribution in [0.5, 0.6) is 0 Å². The fourth-order valence-electron chi connectivity index (χ4n) is 4.13. The molecule has 0 bridgehead atoms. The molecule has 0 radical (unpaired) electrons. The molecule has 0 aliphatic rings. The highest BCUT2D eigenvalue weighted by molar-refractivity contribution is 5.71. The number of rotatable bonds is 31. The molecule has 0 rings (SSSR count). The predicted octanol–water partition coefficient (Wildman–Crippen LogP) is 6.23. The van der Waals surface area contributed by atoms with E-state index in [1.165, 1.54) is 6.42 Å². The lowest BCUT2D eigenvalue weighted by Crippen LogP contribution is -2.28. The van der Waals surface area contributed by atoms with Gasteiger partial charge in [0.15, 0.2) is 0 Å². The molecule has 0 saturated carbocycles. The van der Waals surface area contributed by atoms with E-state index in [1.807, 2.05) is 6.92 Å². The Labute approximate surface area is 296 Å². The lowest BCUT2D eigenvalue weighted by Gasteiger charge is -2.17. The molecule has 0 aromatic rings. The van der Waals surface area contributed by atoms with Gasteiger partial charge in [-0.25, -0.2) is 0 Å². The van der Waals surface area contributed by atoms with Gasteiger partial charge < -0.3 is 34.1 Å². The smallest absolute Gasteiger partial charge is 0.307 e. The molecule has 2 atom stereocenters. The number of nitrogens with one attached hydrogen (secondary N) is 1. The fourth-order valence-corrected chi connectivity index (χ4v) is 4.13. The van der Waals surface area contributed by atoms with Crippen molar-refractivity contribution in [1.82, 2.24) is 5.32 Å². The third-order valence-electron chi connectivity index (χ3n) is 7.12. The normalized spacial score (nSPS) is 11.8. The highest BCUT2D eigenvalue weighted by Crippen LogP contribution is 2.09. The molecule has 0 spiro atoms. The van der Waals surface area contributed by atoms with Gasteiger partial charge in [0.05, 0.1) is 44.5 Å². The number of aliphatic hydroxyl groups is 1. The lowest BCUT2D eigenvalue weighted by molar-refractivity contribution is -0.154. The Morgan fingerprint density at radius 1 is 0.449 bits per heavy atom. The summed E-state index contributed by atoms with van der Waals surface area (Å²) in [7, 11) is 0. The van der Waals surface area contributed by atoms with E-state index >= 15 is 0 Å². The molecule has 0 fully saturated rings. The van der Waals surface area contributed by atoms with Gasteiger partial charge in [0.2, 0.25) is 0 Å². The second kappa shape index (κ2) is 36.5. The van der Waals surface area contributed by atoms with E-state index < -0.39 is 23.8 Å². The van der Waals surface area contributed by atoms with Crippen LogP contribution in [0.4, 0.5) is 0 Å². The molecular weight excluding hydrogens is 634 g/mol. The zero-order chi connectivity index (χ0) is 37.0. The minimum atomic E-state index is -0.492. The molecule has 0 aliphatic heterocycles. The maximum Gasteiger partial charge on any atom is 0.307 e. The number of esters is 5. The van der Waals surface area contributed by atoms with E-state index in [1.54, 1.807) is 0 Å². The number of carbonyl (C=O) groups is 5. The van der Waals surface area contributed by atoms with E-state index in [-0.39, 0.29) is 83.5 Å². The first-order valence-electron chi connectivity index (χ1n) is 18.8. The van der Waals surface area contributed by atoms with Crippen molar-refractivity contribution in [2.24, 2.45) is 11.8 Å². The molecule has 0 saturated heterocycles. The van der Waals surface area contributed by atoms with Crippen LogP contribution in [0.15, 0.2) is 0 Å². The van der Waals surface area contributed by atoms with Crippen LogP contribution in [0.1, 0.15) is 144 Å². The molecule has 2 N–H and O–H groups in total. The van der Waals surface area contributed by atoms with Crippen LogP contribution in [0, 0.1) is 11.8 Å². The fraction of sp³-hybridized carbons (Fsp3) is 0.865. The van der Waals surface area contributed by atoms with Gasteiger partial charge in [-0.3, -0.25) is 24.0 Å². The van der Waals surface area contributed by atoms with E-state index in [9.17, 15) is 29.1 Å². The molecule has 2 unspecified atom stereocenters. The summed E-state index contributed by atoms with van der Waals surface area (Å²) < 4.78 is 26.4. The lowest BCUT2D eigenvalue weighted by atomic mass is 10.1. The first-order valence-corrected chi connectivity index (χ1v) is 18.8. The average molecular weight is 704 g/mol. The molecule has 0 aliphatic carbocycles. The molecule has 0 heterocycles. The summed E-state index contributed by atoms with van der Waals surface area (Å²) in [5.74, 6) is -2.91. The Balaban J connectivity index is 0. The average Bonchev–Trinajstić information content (AvgIpc) is 3.08. The van der Waals surface area contributed by atoms with Crippen LogP contribution >= 0.6 is 0 Å². The van der Waals surface area contributed by atoms with Crippen LogP contribution in [-0.4, -0.2) is 87.7 Å². The van der Waals surface area contributed by atoms with Crippen molar-refractivity contribution >= 4 is 29.8 Å². The molecule has 49 heavy (non-hydrogen) atoms. The summed E-state index contributed by atoms with van der Waals surface area (Å²) in [6, 6.07) is 0. The number of hydrogen-bond donors (Lipinski definition) is 2. The summed E-state index contributed by atoms with van der Waals surface area (Å²) in [4.78, 5) is 60.3. The minimum absolute atomic E-state index is 0.0128. The zero-order valence-electron chi connectivity index (χ0n) is 31.4. The molecular formula is C37H69NO11. The van der Waals surface area contributed by atoms with Crippen LogP contribution in [0.25, 0.3) is 0 Å². The van der Waals surface area contributed by atoms with Gasteiger partial charge in [-0.1, -0.05) is 92.4 Å². The van der Waals surface area contributed by atoms with Crippen molar-refractivity contribution in [1.29, 1.82) is 0 Å². The van der Waals surface area contributed by atoms with Crippen molar-refractivity contribution < 1.29 is 52.8 Å². The topological polar surface area (TPSA) is 164 Å². The third-order valence-corrected chi connectivity index (χ3v) is 7.12. The SMILES string of the molecule is CCC.CCCCCCC(=O)OCC(CO)COC(=O)CCNCCC(=O)OCC(COC(=O)CCCCC)COC(=O)CCCCCC. The van der Waals surface area contributed by atoms with Crippen molar-refractivity contribution in [3.63, 3.8) is 0 Å². The maximum absolute atomic E-state index is 12.3. The molecule has 0 amide bonds. The highest BCUT2D eigenvalue weighted by atomic mass is 16.6. The Bertz CT molecular complexity index is 837. The molecule has 0 aromatic carbocycles. The summed E-state index contributed by atoms with van der Waals surface area (Å²) in [6.45, 7) is 10.6. The summed E-state index contributed by atoms with van der Waals surface area (Å²) in [6.07, 6.45) is 12.7. The van der Waals surface area contributed by atoms with Crippen LogP contribution < -0.4 is 5.32 Å². The van der Waals surface area contributed by atoms with Crippen LogP contribution in [0.2, 0.25) is 0 Å². The van der Waals surface area contributed by atoms with Gasteiger partial charge in [-0.05, 0) is 19.3 Å². The van der Waals surface area contributed by atoms with Gasteiger partial charge in [0.1, 0.15) is 19.8 Å². The standard InChI is InChI=1S/C34H61NO11.C3H8/c1-4-7-10-13-16-31(38)42-23-28(22-36)24-43-33(40)18-20-35-21-19-34(41)46-27-29(25-44-30(37)15-12-9-6-3)26-45-32(39)17-14-11-8-5-2;1-3-2/h28-29,35-36H,4-27H2,1-3H3;3H2,1-2H3. The van der Waals surface area contributed by atoms with Crippen LogP contribution in [-0.2, 0) is 47.7 Å². The van der Waals surface area contributed by atoms with E-state index in [2.05, 4.69) is 33.0 Å². The minimum Gasteiger partial charge on any atom is -0.465 e. The van der Waals surface area contributed by atoms with E-state index in [0.29, 0.717) is 19.3 Å². The molecule has 12 heteroatoms. The number of unbranched alkanes of at least 4 members (excludes halogenated alkanes) is 8. The second-order valence-electron chi connectivity index (χ2n) is 12.4. The molecule has 0 aromatic heterocycles. The number of hydrogen-bond acceptors (Lipinski definition) is 12. The Kier molecular flexibility index (Phi) is 36.1. The van der Waals surface area contributed by atoms with Gasteiger partial charge in [0, 0.05) is 32.4 Å². The third kappa shape index (κ3) is 34.9. The number of carbonyl (C=O) groups excluding carboxylic acids is 5. The summed E-state index contributed by atoms with van der Waals surface area (Å²) in [5, 5.41) is 12.5. The monoisotopic (exact) mass is 703 g/mol. The van der Waals surface area contributed by atoms with Gasteiger partial charge in [-0.2, -0.15) is 0 Å². The number of aliphatic hydroxyl groups excluding tert-OH is 1. The van der Waals surface area contributed by atoms with Gasteiger partial charge >= 0.3 is 29.8 Å². The second-order valence-corrected chi connectivity index (χ2v) is 12.4. The first kappa shape index (κ1) is 48.4. The Morgan fingerprint density at radius 3 is 1.06 bits per heavy atom. The summed E-state index contributed by atoms with van der Waals surface area (Å²) in [5.41, 5.74) is 0. The summed E-state index contributed by atoms with van der Waals surface area (Å²) >= 11 is 0.